The Labute approximate surface area is 123 Å². The zero-order chi connectivity index (χ0) is 14.7. The predicted octanol–water partition coefficient (Wildman–Crippen LogP) is 2.20. The standard InChI is InChI=1S/C16H18N2O3/c1-21-12-3-2-11-13(18-12)16(14(20)17-11)8-15(9-16)6-4-10(19)5-7-15/h2-3H,4-9H2,1H3,(H,17,20). The van der Waals surface area contributed by atoms with Crippen LogP contribution in [0.4, 0.5) is 5.69 Å². The van der Waals surface area contributed by atoms with Crippen LogP contribution in [0.5, 0.6) is 5.88 Å². The molecule has 0 unspecified atom stereocenters. The molecule has 1 aromatic heterocycles. The van der Waals surface area contributed by atoms with Crippen LogP contribution in [-0.4, -0.2) is 23.8 Å². The lowest BCUT2D eigenvalue weighted by Crippen LogP contribution is -2.55. The van der Waals surface area contributed by atoms with Crippen LogP contribution in [0.15, 0.2) is 12.1 Å². The van der Waals surface area contributed by atoms with E-state index in [2.05, 4.69) is 10.3 Å². The van der Waals surface area contributed by atoms with Gasteiger partial charge in [-0.15, -0.1) is 0 Å². The van der Waals surface area contributed by atoms with E-state index in [0.717, 1.165) is 37.1 Å². The SMILES string of the molecule is COc1ccc2c(n1)C1(CC3(CCC(=O)CC3)C1)C(=O)N2. The summed E-state index contributed by atoms with van der Waals surface area (Å²) in [6.07, 6.45) is 4.78. The monoisotopic (exact) mass is 286 g/mol. The van der Waals surface area contributed by atoms with Crippen LogP contribution in [0, 0.1) is 5.41 Å². The maximum atomic E-state index is 12.5. The smallest absolute Gasteiger partial charge is 0.236 e. The molecule has 2 fully saturated rings. The third kappa shape index (κ3) is 1.66. The number of fused-ring (bicyclic) bond motifs is 2. The van der Waals surface area contributed by atoms with Crippen LogP contribution in [0.2, 0.25) is 0 Å². The molecule has 3 aliphatic rings. The van der Waals surface area contributed by atoms with E-state index in [1.807, 2.05) is 6.07 Å². The van der Waals surface area contributed by atoms with Crippen molar-refractivity contribution in [3.05, 3.63) is 17.8 Å². The number of carbonyl (C=O) groups excluding carboxylic acids is 2. The van der Waals surface area contributed by atoms with Crippen LogP contribution in [0.1, 0.15) is 44.2 Å². The summed E-state index contributed by atoms with van der Waals surface area (Å²) in [5.74, 6) is 0.961. The normalized spacial score (nSPS) is 24.6. The Morgan fingerprint density at radius 2 is 1.90 bits per heavy atom. The average molecular weight is 286 g/mol. The van der Waals surface area contributed by atoms with Gasteiger partial charge in [-0.05, 0) is 37.2 Å². The van der Waals surface area contributed by atoms with Crippen molar-refractivity contribution in [2.75, 3.05) is 12.4 Å². The van der Waals surface area contributed by atoms with E-state index in [9.17, 15) is 9.59 Å². The maximum absolute atomic E-state index is 12.5. The van der Waals surface area contributed by atoms with E-state index in [1.54, 1.807) is 13.2 Å². The molecule has 2 spiro atoms. The number of hydrogen-bond acceptors (Lipinski definition) is 4. The molecule has 1 amide bonds. The summed E-state index contributed by atoms with van der Waals surface area (Å²) in [4.78, 5) is 28.4. The Morgan fingerprint density at radius 3 is 2.57 bits per heavy atom. The van der Waals surface area contributed by atoms with Gasteiger partial charge in [0.2, 0.25) is 11.8 Å². The molecule has 1 N–H and O–H groups in total. The molecule has 0 atom stereocenters. The molecular weight excluding hydrogens is 268 g/mol. The van der Waals surface area contributed by atoms with Gasteiger partial charge in [0.25, 0.3) is 0 Å². The number of Topliss-reactive ketones (excluding diaryl/α,β-unsaturated/α-hetero) is 1. The topological polar surface area (TPSA) is 68.3 Å². The van der Waals surface area contributed by atoms with Crippen molar-refractivity contribution in [3.63, 3.8) is 0 Å². The first kappa shape index (κ1) is 12.8. The minimum Gasteiger partial charge on any atom is -0.481 e. The second-order valence-corrected chi connectivity index (χ2v) is 6.68. The first-order valence-corrected chi connectivity index (χ1v) is 7.46. The van der Waals surface area contributed by atoms with Crippen molar-refractivity contribution in [1.29, 1.82) is 0 Å². The molecule has 0 aromatic carbocycles. The highest BCUT2D eigenvalue weighted by Gasteiger charge is 2.63. The number of aromatic nitrogens is 1. The summed E-state index contributed by atoms with van der Waals surface area (Å²) < 4.78 is 5.19. The van der Waals surface area contributed by atoms with Crippen LogP contribution in [-0.2, 0) is 15.0 Å². The minimum absolute atomic E-state index is 0.0563. The summed E-state index contributed by atoms with van der Waals surface area (Å²) in [5.41, 5.74) is 1.30. The number of amides is 1. The second kappa shape index (κ2) is 4.06. The Morgan fingerprint density at radius 1 is 1.19 bits per heavy atom. The molecule has 110 valence electrons. The third-order valence-corrected chi connectivity index (χ3v) is 5.44. The molecule has 5 nitrogen and oxygen atoms in total. The molecule has 0 saturated heterocycles. The number of ketones is 1. The van der Waals surface area contributed by atoms with Crippen molar-refractivity contribution in [3.8, 4) is 5.88 Å². The molecule has 21 heavy (non-hydrogen) atoms. The number of carbonyl (C=O) groups is 2. The quantitative estimate of drug-likeness (QED) is 0.859. The van der Waals surface area contributed by atoms with Gasteiger partial charge in [-0.1, -0.05) is 0 Å². The number of ether oxygens (including phenoxy) is 1. The van der Waals surface area contributed by atoms with E-state index < -0.39 is 5.41 Å². The Bertz CT molecular complexity index is 635. The van der Waals surface area contributed by atoms with Gasteiger partial charge >= 0.3 is 0 Å². The zero-order valence-electron chi connectivity index (χ0n) is 12.1. The Balaban J connectivity index is 1.66. The predicted molar refractivity (Wildman–Crippen MR) is 76.2 cm³/mol. The zero-order valence-corrected chi connectivity index (χ0v) is 12.1. The lowest BCUT2D eigenvalue weighted by atomic mass is 9.47. The van der Waals surface area contributed by atoms with Gasteiger partial charge in [0.05, 0.1) is 23.9 Å². The minimum atomic E-state index is -0.496. The van der Waals surface area contributed by atoms with Crippen molar-refractivity contribution in [1.82, 2.24) is 4.98 Å². The number of hydrogen-bond donors (Lipinski definition) is 1. The lowest BCUT2D eigenvalue weighted by Gasteiger charge is -2.54. The molecule has 5 heteroatoms. The van der Waals surface area contributed by atoms with Crippen LogP contribution >= 0.6 is 0 Å². The van der Waals surface area contributed by atoms with Gasteiger partial charge < -0.3 is 10.1 Å². The fraction of sp³-hybridized carbons (Fsp3) is 0.562. The largest absolute Gasteiger partial charge is 0.481 e. The third-order valence-electron chi connectivity index (χ3n) is 5.44. The number of nitrogens with zero attached hydrogens (tertiary/aromatic N) is 1. The van der Waals surface area contributed by atoms with Crippen LogP contribution < -0.4 is 10.1 Å². The number of pyridine rings is 1. The van der Waals surface area contributed by atoms with Gasteiger partial charge in [-0.2, -0.15) is 0 Å². The highest BCUT2D eigenvalue weighted by atomic mass is 16.5. The highest BCUT2D eigenvalue weighted by Crippen LogP contribution is 2.64. The fourth-order valence-electron chi connectivity index (χ4n) is 4.34. The maximum Gasteiger partial charge on any atom is 0.236 e. The van der Waals surface area contributed by atoms with Crippen molar-refractivity contribution in [2.24, 2.45) is 5.41 Å². The number of anilines is 1. The van der Waals surface area contributed by atoms with Gasteiger partial charge in [0.1, 0.15) is 5.78 Å². The molecule has 1 aliphatic heterocycles. The van der Waals surface area contributed by atoms with Crippen LogP contribution in [0.25, 0.3) is 0 Å². The number of nitrogens with one attached hydrogen (secondary N) is 1. The summed E-state index contributed by atoms with van der Waals surface area (Å²) >= 11 is 0. The Kier molecular flexibility index (Phi) is 2.47. The molecule has 4 rings (SSSR count). The summed E-state index contributed by atoms with van der Waals surface area (Å²) in [6.45, 7) is 0. The lowest BCUT2D eigenvalue weighted by molar-refractivity contribution is -0.135. The van der Waals surface area contributed by atoms with Crippen molar-refractivity contribution < 1.29 is 14.3 Å². The van der Waals surface area contributed by atoms with Crippen molar-refractivity contribution >= 4 is 17.4 Å². The van der Waals surface area contributed by atoms with E-state index >= 15 is 0 Å². The van der Waals surface area contributed by atoms with E-state index in [-0.39, 0.29) is 11.3 Å². The number of methoxy groups -OCH3 is 1. The van der Waals surface area contributed by atoms with E-state index in [0.29, 0.717) is 24.5 Å². The van der Waals surface area contributed by atoms with Gasteiger partial charge in [0, 0.05) is 18.9 Å². The van der Waals surface area contributed by atoms with E-state index in [1.165, 1.54) is 0 Å². The second-order valence-electron chi connectivity index (χ2n) is 6.68. The molecule has 2 aliphatic carbocycles. The fourth-order valence-corrected chi connectivity index (χ4v) is 4.34. The summed E-state index contributed by atoms with van der Waals surface area (Å²) in [5, 5.41) is 2.95. The van der Waals surface area contributed by atoms with Crippen molar-refractivity contribution in [2.45, 2.75) is 43.9 Å². The molecular formula is C16H18N2O3. The van der Waals surface area contributed by atoms with Gasteiger partial charge in [-0.3, -0.25) is 9.59 Å². The molecule has 2 saturated carbocycles. The molecule has 1 aromatic rings. The molecule has 0 bridgehead atoms. The highest BCUT2D eigenvalue weighted by molar-refractivity contribution is 6.06. The summed E-state index contributed by atoms with van der Waals surface area (Å²) in [7, 11) is 1.58. The first-order valence-electron chi connectivity index (χ1n) is 7.46. The Hall–Kier alpha value is -1.91. The first-order chi connectivity index (χ1) is 10.1. The van der Waals surface area contributed by atoms with E-state index in [4.69, 9.17) is 4.74 Å². The van der Waals surface area contributed by atoms with Crippen LogP contribution in [0.3, 0.4) is 0 Å². The molecule has 2 heterocycles. The summed E-state index contributed by atoms with van der Waals surface area (Å²) in [6, 6.07) is 3.63. The number of rotatable bonds is 1. The van der Waals surface area contributed by atoms with Gasteiger partial charge in [0.15, 0.2) is 0 Å². The average Bonchev–Trinajstić information content (AvgIpc) is 2.73. The van der Waals surface area contributed by atoms with Gasteiger partial charge in [-0.25, -0.2) is 4.98 Å². The molecule has 0 radical (unpaired) electrons.